The van der Waals surface area contributed by atoms with E-state index < -0.39 is 0 Å². The molecule has 0 aliphatic heterocycles. The molecule has 0 bridgehead atoms. The summed E-state index contributed by atoms with van der Waals surface area (Å²) in [5, 5.41) is 0. The minimum Gasteiger partial charge on any atom is -0.493 e. The minimum atomic E-state index is 0.509. The molecule has 0 aliphatic rings. The average Bonchev–Trinajstić information content (AvgIpc) is 2.28. The summed E-state index contributed by atoms with van der Waals surface area (Å²) < 4.78 is 11.5. The first-order valence-electron chi connectivity index (χ1n) is 4.99. The molecule has 0 aromatic heterocycles. The first kappa shape index (κ1) is 13.0. The van der Waals surface area contributed by atoms with Crippen LogP contribution >= 0.6 is 15.9 Å². The number of carbonyl (C=O) groups excluding carboxylic acids is 1. The third-order valence-corrected chi connectivity index (χ3v) is 3.21. The van der Waals surface area contributed by atoms with E-state index in [1.165, 1.54) is 0 Å². The van der Waals surface area contributed by atoms with Crippen LogP contribution in [0.15, 0.2) is 10.5 Å². The Morgan fingerprint density at radius 1 is 1.38 bits per heavy atom. The third kappa shape index (κ3) is 2.55. The topological polar surface area (TPSA) is 35.5 Å². The molecule has 0 spiro atoms. The molecule has 0 unspecified atom stereocenters. The Kier molecular flexibility index (Phi) is 4.80. The molecule has 0 saturated carbocycles. The molecule has 1 aromatic carbocycles. The van der Waals surface area contributed by atoms with Crippen LogP contribution in [0.5, 0.6) is 11.5 Å². The van der Waals surface area contributed by atoms with Crippen LogP contribution in [-0.2, 0) is 11.2 Å². The molecule has 0 atom stereocenters. The molecule has 0 saturated heterocycles. The van der Waals surface area contributed by atoms with E-state index in [2.05, 4.69) is 15.9 Å². The fourth-order valence-electron chi connectivity index (χ4n) is 1.68. The van der Waals surface area contributed by atoms with Crippen molar-refractivity contribution in [1.82, 2.24) is 0 Å². The fourth-order valence-corrected chi connectivity index (χ4v) is 2.39. The molecular weight excluding hydrogens is 272 g/mol. The summed E-state index contributed by atoms with van der Waals surface area (Å²) >= 11 is 3.48. The van der Waals surface area contributed by atoms with Gasteiger partial charge < -0.3 is 14.3 Å². The maximum atomic E-state index is 10.4. The predicted octanol–water partition coefficient (Wildman–Crippen LogP) is 2.91. The van der Waals surface area contributed by atoms with Crippen LogP contribution in [0.2, 0.25) is 0 Å². The quantitative estimate of drug-likeness (QED) is 0.781. The Morgan fingerprint density at radius 3 is 2.56 bits per heavy atom. The smallest absolute Gasteiger partial charge is 0.163 e. The van der Waals surface area contributed by atoms with Crippen molar-refractivity contribution in [3.63, 3.8) is 0 Å². The summed E-state index contributed by atoms with van der Waals surface area (Å²) in [6.07, 6.45) is 2.13. The Labute approximate surface area is 104 Å². The second-order valence-corrected chi connectivity index (χ2v) is 4.26. The zero-order valence-electron chi connectivity index (χ0n) is 9.67. The van der Waals surface area contributed by atoms with E-state index in [4.69, 9.17) is 9.47 Å². The van der Waals surface area contributed by atoms with Gasteiger partial charge in [0.1, 0.15) is 6.29 Å². The normalized spacial score (nSPS) is 10.0. The van der Waals surface area contributed by atoms with Gasteiger partial charge >= 0.3 is 0 Å². The molecular formula is C12H15BrO3. The van der Waals surface area contributed by atoms with Crippen LogP contribution in [0.4, 0.5) is 0 Å². The van der Waals surface area contributed by atoms with Gasteiger partial charge in [0.25, 0.3) is 0 Å². The average molecular weight is 287 g/mol. The van der Waals surface area contributed by atoms with Gasteiger partial charge in [-0.05, 0) is 30.5 Å². The maximum Gasteiger partial charge on any atom is 0.163 e. The lowest BCUT2D eigenvalue weighted by atomic mass is 10.0. The minimum absolute atomic E-state index is 0.509. The van der Waals surface area contributed by atoms with E-state index >= 15 is 0 Å². The number of halogens is 1. The molecule has 1 aromatic rings. The zero-order chi connectivity index (χ0) is 12.1. The van der Waals surface area contributed by atoms with E-state index in [-0.39, 0.29) is 0 Å². The van der Waals surface area contributed by atoms with Gasteiger partial charge in [0.05, 0.1) is 14.2 Å². The van der Waals surface area contributed by atoms with E-state index in [0.717, 1.165) is 27.6 Å². The van der Waals surface area contributed by atoms with E-state index in [0.29, 0.717) is 18.6 Å². The summed E-state index contributed by atoms with van der Waals surface area (Å²) in [6, 6.07) is 1.87. The third-order valence-electron chi connectivity index (χ3n) is 2.50. The molecule has 1 rings (SSSR count). The Bertz CT molecular complexity index is 388. The van der Waals surface area contributed by atoms with Gasteiger partial charge in [-0.1, -0.05) is 15.9 Å². The fraction of sp³-hybridized carbons (Fsp3) is 0.417. The molecule has 88 valence electrons. The van der Waals surface area contributed by atoms with Gasteiger partial charge in [-0.3, -0.25) is 0 Å². The van der Waals surface area contributed by atoms with Crippen molar-refractivity contribution in [2.24, 2.45) is 0 Å². The largest absolute Gasteiger partial charge is 0.493 e. The predicted molar refractivity (Wildman–Crippen MR) is 66.4 cm³/mol. The number of hydrogen-bond donors (Lipinski definition) is 0. The first-order valence-corrected chi connectivity index (χ1v) is 5.78. The standard InChI is InChI=1S/C12H15BrO3/c1-8-9(5-4-6-14)10(13)7-11(15-2)12(8)16-3/h6-7H,4-5H2,1-3H3. The molecule has 16 heavy (non-hydrogen) atoms. The summed E-state index contributed by atoms with van der Waals surface area (Å²) in [6.45, 7) is 1.96. The number of benzene rings is 1. The highest BCUT2D eigenvalue weighted by Gasteiger charge is 2.14. The number of carbonyl (C=O) groups is 1. The number of aldehydes is 1. The summed E-state index contributed by atoms with van der Waals surface area (Å²) in [4.78, 5) is 10.4. The monoisotopic (exact) mass is 286 g/mol. The highest BCUT2D eigenvalue weighted by molar-refractivity contribution is 9.10. The van der Waals surface area contributed by atoms with Gasteiger partial charge in [0, 0.05) is 10.9 Å². The zero-order valence-corrected chi connectivity index (χ0v) is 11.3. The second-order valence-electron chi connectivity index (χ2n) is 3.40. The van der Waals surface area contributed by atoms with Crippen molar-refractivity contribution in [3.05, 3.63) is 21.7 Å². The van der Waals surface area contributed by atoms with E-state index in [9.17, 15) is 4.79 Å². The lowest BCUT2D eigenvalue weighted by molar-refractivity contribution is -0.107. The number of rotatable bonds is 5. The van der Waals surface area contributed by atoms with Gasteiger partial charge in [-0.25, -0.2) is 0 Å². The summed E-state index contributed by atoms with van der Waals surface area (Å²) in [7, 11) is 3.22. The lowest BCUT2D eigenvalue weighted by Crippen LogP contribution is -1.99. The van der Waals surface area contributed by atoms with Crippen LogP contribution in [0.3, 0.4) is 0 Å². The van der Waals surface area contributed by atoms with Crippen molar-refractivity contribution in [1.29, 1.82) is 0 Å². The van der Waals surface area contributed by atoms with Gasteiger partial charge in [-0.2, -0.15) is 0 Å². The summed E-state index contributed by atoms with van der Waals surface area (Å²) in [5.41, 5.74) is 2.10. The van der Waals surface area contributed by atoms with Crippen molar-refractivity contribution in [3.8, 4) is 11.5 Å². The van der Waals surface area contributed by atoms with Crippen LogP contribution in [-0.4, -0.2) is 20.5 Å². The molecule has 3 nitrogen and oxygen atoms in total. The van der Waals surface area contributed by atoms with E-state index in [1.54, 1.807) is 14.2 Å². The Hall–Kier alpha value is -1.03. The summed E-state index contributed by atoms with van der Waals surface area (Å²) in [5.74, 6) is 1.42. The second kappa shape index (κ2) is 5.89. The van der Waals surface area contributed by atoms with Gasteiger partial charge in [-0.15, -0.1) is 0 Å². The Balaban J connectivity index is 3.23. The van der Waals surface area contributed by atoms with Crippen molar-refractivity contribution < 1.29 is 14.3 Å². The molecule has 0 heterocycles. The molecule has 0 aliphatic carbocycles. The van der Waals surface area contributed by atoms with E-state index in [1.807, 2.05) is 13.0 Å². The van der Waals surface area contributed by atoms with Crippen molar-refractivity contribution in [2.45, 2.75) is 19.8 Å². The number of ether oxygens (including phenoxy) is 2. The van der Waals surface area contributed by atoms with Crippen molar-refractivity contribution >= 4 is 22.2 Å². The van der Waals surface area contributed by atoms with Gasteiger partial charge in [0.2, 0.25) is 0 Å². The molecule has 4 heteroatoms. The molecule has 0 radical (unpaired) electrons. The first-order chi connectivity index (χ1) is 7.65. The van der Waals surface area contributed by atoms with Crippen LogP contribution in [0.25, 0.3) is 0 Å². The highest BCUT2D eigenvalue weighted by Crippen LogP contribution is 2.38. The number of methoxy groups -OCH3 is 2. The van der Waals surface area contributed by atoms with Crippen molar-refractivity contribution in [2.75, 3.05) is 14.2 Å². The SMILES string of the molecule is COc1cc(Br)c(CCC=O)c(C)c1OC. The maximum absolute atomic E-state index is 10.4. The molecule has 0 amide bonds. The van der Waals surface area contributed by atoms with Crippen LogP contribution < -0.4 is 9.47 Å². The van der Waals surface area contributed by atoms with Crippen LogP contribution in [0.1, 0.15) is 17.5 Å². The lowest BCUT2D eigenvalue weighted by Gasteiger charge is -2.15. The molecule has 0 fully saturated rings. The Morgan fingerprint density at radius 2 is 2.06 bits per heavy atom. The molecule has 0 N–H and O–H groups in total. The van der Waals surface area contributed by atoms with Crippen LogP contribution in [0, 0.1) is 6.92 Å². The van der Waals surface area contributed by atoms with Gasteiger partial charge in [0.15, 0.2) is 11.5 Å². The number of hydrogen-bond acceptors (Lipinski definition) is 3. The highest BCUT2D eigenvalue weighted by atomic mass is 79.9.